The molecule has 6 heteroatoms. The SMILES string of the molecule is Cc1ncc(C(=O)Nc2ccc(Cl)cc2I)s1. The third kappa shape index (κ3) is 3.17. The molecular formula is C11H8ClIN2OS. The minimum atomic E-state index is -0.143. The van der Waals surface area contributed by atoms with Gasteiger partial charge in [-0.1, -0.05) is 11.6 Å². The van der Waals surface area contributed by atoms with Crippen molar-refractivity contribution in [3.8, 4) is 0 Å². The second-order valence-electron chi connectivity index (χ2n) is 3.32. The summed E-state index contributed by atoms with van der Waals surface area (Å²) in [7, 11) is 0. The van der Waals surface area contributed by atoms with Gasteiger partial charge >= 0.3 is 0 Å². The van der Waals surface area contributed by atoms with Gasteiger partial charge in [0.25, 0.3) is 5.91 Å². The van der Waals surface area contributed by atoms with E-state index in [1.54, 1.807) is 24.4 Å². The van der Waals surface area contributed by atoms with Crippen LogP contribution >= 0.6 is 45.5 Å². The molecule has 1 amide bonds. The Labute approximate surface area is 121 Å². The molecule has 0 unspecified atom stereocenters. The zero-order valence-electron chi connectivity index (χ0n) is 8.83. The van der Waals surface area contributed by atoms with E-state index in [2.05, 4.69) is 32.9 Å². The third-order valence-electron chi connectivity index (χ3n) is 2.02. The summed E-state index contributed by atoms with van der Waals surface area (Å²) in [4.78, 5) is 16.5. The highest BCUT2D eigenvalue weighted by molar-refractivity contribution is 14.1. The molecule has 1 aromatic heterocycles. The average Bonchev–Trinajstić information content (AvgIpc) is 2.69. The number of aryl methyl sites for hydroxylation is 1. The van der Waals surface area contributed by atoms with Crippen molar-refractivity contribution in [2.45, 2.75) is 6.92 Å². The number of thiazole rings is 1. The maximum Gasteiger partial charge on any atom is 0.267 e. The van der Waals surface area contributed by atoms with Crippen LogP contribution < -0.4 is 5.32 Å². The molecule has 0 saturated heterocycles. The van der Waals surface area contributed by atoms with Gasteiger partial charge in [-0.25, -0.2) is 4.98 Å². The Morgan fingerprint density at radius 3 is 2.88 bits per heavy atom. The number of nitrogens with one attached hydrogen (secondary N) is 1. The zero-order chi connectivity index (χ0) is 12.4. The normalized spacial score (nSPS) is 10.3. The maximum absolute atomic E-state index is 11.9. The van der Waals surface area contributed by atoms with Crippen LogP contribution in [0.25, 0.3) is 0 Å². The molecule has 0 bridgehead atoms. The molecule has 3 nitrogen and oxygen atoms in total. The number of benzene rings is 1. The second-order valence-corrected chi connectivity index (χ2v) is 6.16. The molecule has 17 heavy (non-hydrogen) atoms. The Bertz CT molecular complexity index is 570. The molecule has 0 aliphatic carbocycles. The fraction of sp³-hybridized carbons (Fsp3) is 0.0909. The molecule has 0 aliphatic rings. The molecule has 1 heterocycles. The summed E-state index contributed by atoms with van der Waals surface area (Å²) >= 11 is 9.35. The van der Waals surface area contributed by atoms with Crippen LogP contribution in [0.5, 0.6) is 0 Å². The number of nitrogens with zero attached hydrogens (tertiary/aromatic N) is 1. The van der Waals surface area contributed by atoms with Crippen molar-refractivity contribution in [3.63, 3.8) is 0 Å². The molecule has 2 aromatic rings. The van der Waals surface area contributed by atoms with Crippen molar-refractivity contribution in [1.82, 2.24) is 4.98 Å². The molecule has 0 saturated carbocycles. The first-order chi connectivity index (χ1) is 8.06. The van der Waals surface area contributed by atoms with Gasteiger partial charge in [0, 0.05) is 8.59 Å². The Hall–Kier alpha value is -0.660. The molecule has 0 fully saturated rings. The summed E-state index contributed by atoms with van der Waals surface area (Å²) in [6, 6.07) is 5.34. The van der Waals surface area contributed by atoms with E-state index in [9.17, 15) is 4.79 Å². The van der Waals surface area contributed by atoms with E-state index in [0.717, 1.165) is 14.3 Å². The molecule has 0 aliphatic heterocycles. The fourth-order valence-electron chi connectivity index (χ4n) is 1.24. The van der Waals surface area contributed by atoms with Crippen LogP contribution in [0.15, 0.2) is 24.4 Å². The van der Waals surface area contributed by atoms with Gasteiger partial charge in [0.05, 0.1) is 16.9 Å². The highest BCUT2D eigenvalue weighted by atomic mass is 127. The van der Waals surface area contributed by atoms with Crippen molar-refractivity contribution in [1.29, 1.82) is 0 Å². The van der Waals surface area contributed by atoms with Crippen LogP contribution in [-0.4, -0.2) is 10.9 Å². The van der Waals surface area contributed by atoms with Gasteiger partial charge < -0.3 is 5.32 Å². The zero-order valence-corrected chi connectivity index (χ0v) is 12.6. The van der Waals surface area contributed by atoms with E-state index >= 15 is 0 Å². The number of halogens is 2. The topological polar surface area (TPSA) is 42.0 Å². The molecule has 0 atom stereocenters. The van der Waals surface area contributed by atoms with Crippen LogP contribution in [0.3, 0.4) is 0 Å². The minimum absolute atomic E-state index is 0.143. The Kier molecular flexibility index (Phi) is 4.01. The van der Waals surface area contributed by atoms with Gasteiger partial charge in [0.1, 0.15) is 4.88 Å². The predicted octanol–water partition coefficient (Wildman–Crippen LogP) is 3.96. The van der Waals surface area contributed by atoms with Crippen molar-refractivity contribution in [3.05, 3.63) is 42.9 Å². The molecule has 1 N–H and O–H groups in total. The smallest absolute Gasteiger partial charge is 0.267 e. The fourth-order valence-corrected chi connectivity index (χ4v) is 2.92. The number of carbonyl (C=O) groups excluding carboxylic acids is 1. The highest BCUT2D eigenvalue weighted by Gasteiger charge is 2.10. The lowest BCUT2D eigenvalue weighted by Crippen LogP contribution is -2.11. The number of rotatable bonds is 2. The lowest BCUT2D eigenvalue weighted by molar-refractivity contribution is 0.103. The van der Waals surface area contributed by atoms with Gasteiger partial charge in [-0.3, -0.25) is 4.79 Å². The van der Waals surface area contributed by atoms with Crippen molar-refractivity contribution < 1.29 is 4.79 Å². The summed E-state index contributed by atoms with van der Waals surface area (Å²) in [5.41, 5.74) is 0.756. The molecular weight excluding hydrogens is 371 g/mol. The van der Waals surface area contributed by atoms with Gasteiger partial charge in [0.15, 0.2) is 0 Å². The number of anilines is 1. The van der Waals surface area contributed by atoms with Crippen LogP contribution in [0.1, 0.15) is 14.7 Å². The lowest BCUT2D eigenvalue weighted by atomic mass is 10.3. The Balaban J connectivity index is 2.18. The predicted molar refractivity (Wildman–Crippen MR) is 79.0 cm³/mol. The first-order valence-electron chi connectivity index (χ1n) is 4.75. The van der Waals surface area contributed by atoms with E-state index in [0.29, 0.717) is 9.90 Å². The van der Waals surface area contributed by atoms with Crippen LogP contribution in [0, 0.1) is 10.5 Å². The largest absolute Gasteiger partial charge is 0.320 e. The van der Waals surface area contributed by atoms with Crippen LogP contribution in [0.4, 0.5) is 5.69 Å². The maximum atomic E-state index is 11.9. The number of hydrogen-bond donors (Lipinski definition) is 1. The molecule has 0 radical (unpaired) electrons. The van der Waals surface area contributed by atoms with E-state index < -0.39 is 0 Å². The quantitative estimate of drug-likeness (QED) is 0.804. The van der Waals surface area contributed by atoms with Crippen LogP contribution in [0.2, 0.25) is 5.02 Å². The number of aromatic nitrogens is 1. The van der Waals surface area contributed by atoms with Crippen molar-refractivity contribution >= 4 is 57.1 Å². The summed E-state index contributed by atoms with van der Waals surface area (Å²) in [6.45, 7) is 1.87. The Morgan fingerprint density at radius 1 is 1.53 bits per heavy atom. The standard InChI is InChI=1S/C11H8ClIN2OS/c1-6-14-5-10(17-6)11(16)15-9-3-2-7(12)4-8(9)13/h2-5H,1H3,(H,15,16). The number of carbonyl (C=O) groups is 1. The summed E-state index contributed by atoms with van der Waals surface area (Å²) < 4.78 is 0.907. The molecule has 1 aromatic carbocycles. The van der Waals surface area contributed by atoms with Gasteiger partial charge in [0.2, 0.25) is 0 Å². The van der Waals surface area contributed by atoms with Gasteiger partial charge in [-0.2, -0.15) is 0 Å². The van der Waals surface area contributed by atoms with Crippen molar-refractivity contribution in [2.24, 2.45) is 0 Å². The third-order valence-corrected chi connectivity index (χ3v) is 4.06. The lowest BCUT2D eigenvalue weighted by Gasteiger charge is -2.05. The first kappa shape index (κ1) is 12.8. The summed E-state index contributed by atoms with van der Waals surface area (Å²) in [5.74, 6) is -0.143. The summed E-state index contributed by atoms with van der Waals surface area (Å²) in [5, 5.41) is 4.36. The van der Waals surface area contributed by atoms with Gasteiger partial charge in [-0.05, 0) is 47.7 Å². The first-order valence-corrected chi connectivity index (χ1v) is 7.02. The van der Waals surface area contributed by atoms with E-state index in [1.165, 1.54) is 11.3 Å². The van der Waals surface area contributed by atoms with E-state index in [4.69, 9.17) is 11.6 Å². The number of hydrogen-bond acceptors (Lipinski definition) is 3. The number of amides is 1. The van der Waals surface area contributed by atoms with E-state index in [-0.39, 0.29) is 5.91 Å². The molecule has 0 spiro atoms. The van der Waals surface area contributed by atoms with E-state index in [1.807, 2.05) is 6.92 Å². The molecule has 2 rings (SSSR count). The highest BCUT2D eigenvalue weighted by Crippen LogP contribution is 2.23. The Morgan fingerprint density at radius 2 is 2.29 bits per heavy atom. The molecule has 88 valence electrons. The minimum Gasteiger partial charge on any atom is -0.320 e. The second kappa shape index (κ2) is 5.32. The average molecular weight is 379 g/mol. The summed E-state index contributed by atoms with van der Waals surface area (Å²) in [6.07, 6.45) is 1.58. The van der Waals surface area contributed by atoms with Crippen LogP contribution in [-0.2, 0) is 0 Å². The monoisotopic (exact) mass is 378 g/mol. The van der Waals surface area contributed by atoms with Crippen molar-refractivity contribution in [2.75, 3.05) is 5.32 Å². The van der Waals surface area contributed by atoms with Gasteiger partial charge in [-0.15, -0.1) is 11.3 Å².